The summed E-state index contributed by atoms with van der Waals surface area (Å²) >= 11 is 5.88. The lowest BCUT2D eigenvalue weighted by molar-refractivity contribution is -0.136. The first kappa shape index (κ1) is 28.2. The number of anilines is 1. The number of nitrogen functional groups attached to an aromatic ring is 1. The van der Waals surface area contributed by atoms with E-state index in [2.05, 4.69) is 15.4 Å². The van der Waals surface area contributed by atoms with E-state index in [1.807, 2.05) is 0 Å². The number of nitrogens with zero attached hydrogens (tertiary/aromatic N) is 4. The summed E-state index contributed by atoms with van der Waals surface area (Å²) in [7, 11) is 0. The van der Waals surface area contributed by atoms with Gasteiger partial charge < -0.3 is 16.0 Å². The molecule has 15 heteroatoms. The number of rotatable bonds is 4. The molecule has 3 heterocycles. The smallest absolute Gasteiger partial charge is 0.382 e. The lowest BCUT2D eigenvalue weighted by Gasteiger charge is -2.18. The first-order valence-electron chi connectivity index (χ1n) is 12.0. The molecule has 0 unspecified atom stereocenters. The van der Waals surface area contributed by atoms with Crippen molar-refractivity contribution in [3.63, 3.8) is 0 Å². The molecule has 0 bridgehead atoms. The molecule has 4 aromatic rings. The van der Waals surface area contributed by atoms with Gasteiger partial charge in [0, 0.05) is 17.7 Å². The number of aryl methyl sites for hydroxylation is 1. The summed E-state index contributed by atoms with van der Waals surface area (Å²) in [6.07, 6.45) is -5.68. The largest absolute Gasteiger partial charge is 0.418 e. The number of nitrogens with two attached hydrogens (primary N) is 1. The number of benzene rings is 2. The van der Waals surface area contributed by atoms with E-state index in [1.165, 1.54) is 19.1 Å². The third-order valence-electron chi connectivity index (χ3n) is 6.76. The standard InChI is InChI=1S/C26H19ClF6N6O2/c1-11-5-17(29)14(20-7-15(26(31,32)33)22-23(34)35-10-36-39(20)22)6-13(11)24(40)37-19-9-38(8-18(19)30)25(41)12-3-2-4-16(28)21(12)27/h2-7,10,18-19H,8-9H2,1H3,(H,37,40)(H2,34,35,36)/t18-,19+/m0/s1. The molecular weight excluding hydrogens is 578 g/mol. The van der Waals surface area contributed by atoms with Gasteiger partial charge in [-0.05, 0) is 42.8 Å². The van der Waals surface area contributed by atoms with E-state index in [1.54, 1.807) is 0 Å². The van der Waals surface area contributed by atoms with Crippen LogP contribution in [-0.4, -0.2) is 56.6 Å². The number of aromatic nitrogens is 3. The lowest BCUT2D eigenvalue weighted by Crippen LogP contribution is -2.42. The van der Waals surface area contributed by atoms with E-state index in [0.717, 1.165) is 33.9 Å². The summed E-state index contributed by atoms with van der Waals surface area (Å²) in [6, 6.07) is 5.05. The number of hydrogen-bond donors (Lipinski definition) is 2. The number of carbonyl (C=O) groups excluding carboxylic acids is 2. The Morgan fingerprint density at radius 3 is 2.54 bits per heavy atom. The second-order valence-corrected chi connectivity index (χ2v) is 9.78. The van der Waals surface area contributed by atoms with Gasteiger partial charge in [0.25, 0.3) is 11.8 Å². The van der Waals surface area contributed by atoms with E-state index in [0.29, 0.717) is 6.07 Å². The maximum Gasteiger partial charge on any atom is 0.418 e. The van der Waals surface area contributed by atoms with Crippen LogP contribution >= 0.6 is 11.6 Å². The molecule has 2 amide bonds. The predicted molar refractivity (Wildman–Crippen MR) is 136 cm³/mol. The Kier molecular flexibility index (Phi) is 7.05. The van der Waals surface area contributed by atoms with Crippen molar-refractivity contribution in [1.82, 2.24) is 24.8 Å². The van der Waals surface area contributed by atoms with E-state index in [9.17, 15) is 31.5 Å². The monoisotopic (exact) mass is 596 g/mol. The van der Waals surface area contributed by atoms with Crippen molar-refractivity contribution in [2.45, 2.75) is 25.3 Å². The molecule has 2 aromatic carbocycles. The highest BCUT2D eigenvalue weighted by Gasteiger charge is 2.39. The highest BCUT2D eigenvalue weighted by Crippen LogP contribution is 2.39. The molecule has 0 saturated carbocycles. The van der Waals surface area contributed by atoms with Crippen molar-refractivity contribution >= 4 is 34.7 Å². The van der Waals surface area contributed by atoms with Crippen molar-refractivity contribution in [2.24, 2.45) is 0 Å². The van der Waals surface area contributed by atoms with Crippen LogP contribution in [0.5, 0.6) is 0 Å². The topological polar surface area (TPSA) is 106 Å². The lowest BCUT2D eigenvalue weighted by atomic mass is 10.0. The second-order valence-electron chi connectivity index (χ2n) is 9.40. The molecule has 1 aliphatic rings. The molecule has 214 valence electrons. The van der Waals surface area contributed by atoms with Gasteiger partial charge in [-0.25, -0.2) is 22.7 Å². The van der Waals surface area contributed by atoms with Crippen LogP contribution < -0.4 is 11.1 Å². The number of nitrogens with one attached hydrogen (secondary N) is 1. The summed E-state index contributed by atoms with van der Waals surface area (Å²) in [5.41, 5.74) is 2.90. The number of hydrogen-bond acceptors (Lipinski definition) is 5. The van der Waals surface area contributed by atoms with Crippen LogP contribution in [-0.2, 0) is 6.18 Å². The summed E-state index contributed by atoms with van der Waals surface area (Å²) in [5, 5.41) is 5.81. The number of halogens is 7. The van der Waals surface area contributed by atoms with Crippen molar-refractivity contribution in [2.75, 3.05) is 18.8 Å². The van der Waals surface area contributed by atoms with Gasteiger partial charge in [-0.2, -0.15) is 18.3 Å². The van der Waals surface area contributed by atoms with Crippen LogP contribution in [0.15, 0.2) is 42.7 Å². The van der Waals surface area contributed by atoms with Gasteiger partial charge in [-0.3, -0.25) is 9.59 Å². The fourth-order valence-corrected chi connectivity index (χ4v) is 4.95. The number of alkyl halides is 4. The van der Waals surface area contributed by atoms with Crippen molar-refractivity contribution in [3.05, 3.63) is 81.6 Å². The third-order valence-corrected chi connectivity index (χ3v) is 7.14. The zero-order valence-electron chi connectivity index (χ0n) is 20.9. The molecule has 41 heavy (non-hydrogen) atoms. The quantitative estimate of drug-likeness (QED) is 0.328. The third kappa shape index (κ3) is 5.03. The molecule has 8 nitrogen and oxygen atoms in total. The van der Waals surface area contributed by atoms with Gasteiger partial charge in [-0.15, -0.1) is 0 Å². The number of likely N-dealkylation sites (tertiary alicyclic amines) is 1. The van der Waals surface area contributed by atoms with E-state index in [4.69, 9.17) is 17.3 Å². The molecule has 0 radical (unpaired) electrons. The number of fused-ring (bicyclic) bond motifs is 1. The van der Waals surface area contributed by atoms with Crippen LogP contribution in [0.25, 0.3) is 16.8 Å². The molecule has 2 aromatic heterocycles. The number of amides is 2. The van der Waals surface area contributed by atoms with Crippen molar-refractivity contribution in [1.29, 1.82) is 0 Å². The Labute approximate surface area is 232 Å². The van der Waals surface area contributed by atoms with Crippen LogP contribution in [0.3, 0.4) is 0 Å². The summed E-state index contributed by atoms with van der Waals surface area (Å²) < 4.78 is 85.8. The first-order valence-corrected chi connectivity index (χ1v) is 12.3. The van der Waals surface area contributed by atoms with E-state index < -0.39 is 75.9 Å². The zero-order chi connectivity index (χ0) is 29.8. The van der Waals surface area contributed by atoms with Gasteiger partial charge in [0.2, 0.25) is 0 Å². The highest BCUT2D eigenvalue weighted by atomic mass is 35.5. The van der Waals surface area contributed by atoms with E-state index >= 15 is 4.39 Å². The zero-order valence-corrected chi connectivity index (χ0v) is 21.7. The highest BCUT2D eigenvalue weighted by molar-refractivity contribution is 6.34. The average molecular weight is 597 g/mol. The Balaban J connectivity index is 1.44. The van der Waals surface area contributed by atoms with Gasteiger partial charge in [-0.1, -0.05) is 17.7 Å². The summed E-state index contributed by atoms with van der Waals surface area (Å²) in [4.78, 5) is 30.6. The Hall–Kier alpha value is -4.33. The summed E-state index contributed by atoms with van der Waals surface area (Å²) in [6.45, 7) is 0.699. The Morgan fingerprint density at radius 2 is 1.83 bits per heavy atom. The maximum absolute atomic E-state index is 15.1. The van der Waals surface area contributed by atoms with Gasteiger partial charge in [0.1, 0.15) is 29.7 Å². The molecule has 2 atom stereocenters. The minimum absolute atomic E-state index is 0.114. The fourth-order valence-electron chi connectivity index (χ4n) is 4.74. The van der Waals surface area contributed by atoms with E-state index in [-0.39, 0.29) is 28.9 Å². The number of carbonyl (C=O) groups is 2. The molecular formula is C26H19ClF6N6O2. The first-order chi connectivity index (χ1) is 19.3. The Morgan fingerprint density at radius 1 is 1.10 bits per heavy atom. The molecule has 3 N–H and O–H groups in total. The molecule has 0 aliphatic carbocycles. The SMILES string of the molecule is Cc1cc(F)c(-c2cc(C(F)(F)F)c3c(N)ncnn23)cc1C(=O)N[C@@H]1CN(C(=O)c2cccc(F)c2Cl)C[C@@H]1F. The summed E-state index contributed by atoms with van der Waals surface area (Å²) in [5.74, 6) is -3.86. The van der Waals surface area contributed by atoms with Gasteiger partial charge in [0.05, 0.1) is 34.4 Å². The fraction of sp³-hybridized carbons (Fsp3) is 0.231. The van der Waals surface area contributed by atoms with Crippen LogP contribution in [0.2, 0.25) is 5.02 Å². The predicted octanol–water partition coefficient (Wildman–Crippen LogP) is 4.83. The van der Waals surface area contributed by atoms with Gasteiger partial charge in [0.15, 0.2) is 5.82 Å². The Bertz CT molecular complexity index is 1710. The minimum atomic E-state index is -4.87. The molecule has 1 saturated heterocycles. The average Bonchev–Trinajstić information content (AvgIpc) is 3.47. The minimum Gasteiger partial charge on any atom is -0.382 e. The van der Waals surface area contributed by atoms with Crippen molar-refractivity contribution < 1.29 is 35.9 Å². The molecule has 1 fully saturated rings. The second kappa shape index (κ2) is 10.3. The molecule has 1 aliphatic heterocycles. The normalized spacial score (nSPS) is 17.3. The molecule has 0 spiro atoms. The maximum atomic E-state index is 15.1. The van der Waals surface area contributed by atoms with Crippen LogP contribution in [0.4, 0.5) is 32.2 Å². The van der Waals surface area contributed by atoms with Gasteiger partial charge >= 0.3 is 6.18 Å². The van der Waals surface area contributed by atoms with Crippen LogP contribution in [0.1, 0.15) is 31.8 Å². The molecule has 5 rings (SSSR count). The van der Waals surface area contributed by atoms with Crippen molar-refractivity contribution in [3.8, 4) is 11.3 Å². The van der Waals surface area contributed by atoms with Crippen LogP contribution in [0, 0.1) is 18.6 Å².